The maximum atomic E-state index is 12.5. The molecule has 0 fully saturated rings. The van der Waals surface area contributed by atoms with Crippen LogP contribution in [0.3, 0.4) is 0 Å². The summed E-state index contributed by atoms with van der Waals surface area (Å²) in [5.74, 6) is 0.779. The van der Waals surface area contributed by atoms with Gasteiger partial charge in [-0.25, -0.2) is 0 Å². The Hall–Kier alpha value is -3.59. The van der Waals surface area contributed by atoms with Gasteiger partial charge in [0.25, 0.3) is 0 Å². The van der Waals surface area contributed by atoms with Crippen LogP contribution in [0.4, 0.5) is 0 Å². The summed E-state index contributed by atoms with van der Waals surface area (Å²) in [6.45, 7) is 0. The van der Waals surface area contributed by atoms with Gasteiger partial charge in [-0.15, -0.1) is 0 Å². The van der Waals surface area contributed by atoms with E-state index in [1.54, 1.807) is 25.3 Å². The summed E-state index contributed by atoms with van der Waals surface area (Å²) in [6.07, 6.45) is 7.12. The third-order valence-corrected chi connectivity index (χ3v) is 4.42. The molecule has 0 radical (unpaired) electrons. The van der Waals surface area contributed by atoms with Crippen LogP contribution in [0, 0.1) is 0 Å². The van der Waals surface area contributed by atoms with Crippen molar-refractivity contribution in [2.45, 2.75) is 0 Å². The lowest BCUT2D eigenvalue weighted by molar-refractivity contribution is 0.104. The molecule has 0 aliphatic heterocycles. The Morgan fingerprint density at radius 2 is 1.67 bits per heavy atom. The Labute approximate surface area is 157 Å². The Kier molecular flexibility index (Phi) is 4.58. The van der Waals surface area contributed by atoms with Gasteiger partial charge in [-0.05, 0) is 48.0 Å². The molecule has 3 heteroatoms. The number of carbonyl (C=O) groups excluding carboxylic acids is 1. The van der Waals surface area contributed by atoms with Crippen LogP contribution in [-0.2, 0) is 0 Å². The maximum absolute atomic E-state index is 12.5. The number of benzene rings is 3. The third-order valence-electron chi connectivity index (χ3n) is 4.42. The zero-order valence-corrected chi connectivity index (χ0v) is 14.9. The Balaban J connectivity index is 1.52. The molecule has 0 saturated carbocycles. The molecule has 1 aromatic heterocycles. The molecule has 0 atom stereocenters. The van der Waals surface area contributed by atoms with Crippen molar-refractivity contribution in [3.05, 3.63) is 96.1 Å². The monoisotopic (exact) mass is 354 g/mol. The molecule has 0 unspecified atom stereocenters. The number of para-hydroxylation sites is 1. The van der Waals surface area contributed by atoms with Gasteiger partial charge in [-0.3, -0.25) is 4.79 Å². The quantitative estimate of drug-likeness (QED) is 0.249. The van der Waals surface area contributed by atoms with Crippen molar-refractivity contribution >= 4 is 33.8 Å². The highest BCUT2D eigenvalue weighted by molar-refractivity contribution is 6.11. The van der Waals surface area contributed by atoms with Crippen LogP contribution in [-0.4, -0.2) is 12.9 Å². The molecule has 0 amide bonds. The minimum atomic E-state index is -0.0402. The average molecular weight is 354 g/mol. The van der Waals surface area contributed by atoms with Crippen LogP contribution < -0.4 is 4.74 Å². The van der Waals surface area contributed by atoms with E-state index in [1.165, 1.54) is 0 Å². The smallest absolute Gasteiger partial charge is 0.185 e. The second-order valence-corrected chi connectivity index (χ2v) is 6.16. The summed E-state index contributed by atoms with van der Waals surface area (Å²) in [4.78, 5) is 12.5. The Morgan fingerprint density at radius 3 is 2.48 bits per heavy atom. The van der Waals surface area contributed by atoms with Gasteiger partial charge < -0.3 is 9.15 Å². The van der Waals surface area contributed by atoms with E-state index in [0.717, 1.165) is 33.3 Å². The van der Waals surface area contributed by atoms with Crippen molar-refractivity contribution < 1.29 is 13.9 Å². The second kappa shape index (κ2) is 7.34. The number of fused-ring (bicyclic) bond motifs is 3. The molecule has 3 aromatic carbocycles. The molecule has 4 rings (SSSR count). The molecular formula is C24H18O3. The topological polar surface area (TPSA) is 39.4 Å². The number of hydrogen-bond acceptors (Lipinski definition) is 3. The van der Waals surface area contributed by atoms with Crippen molar-refractivity contribution in [3.8, 4) is 5.75 Å². The van der Waals surface area contributed by atoms with E-state index < -0.39 is 0 Å². The van der Waals surface area contributed by atoms with E-state index in [2.05, 4.69) is 0 Å². The van der Waals surface area contributed by atoms with Crippen molar-refractivity contribution in [2.75, 3.05) is 7.11 Å². The largest absolute Gasteiger partial charge is 0.497 e. The highest BCUT2D eigenvalue weighted by atomic mass is 16.5. The van der Waals surface area contributed by atoms with E-state index in [9.17, 15) is 4.79 Å². The standard InChI is InChI=1S/C24H18O3/c1-26-19-13-10-17(11-14-19)6-2-4-8-22(25)18-12-15-24-21(16-18)20-7-3-5-9-23(20)27-24/h2-16H,1H3/b6-2+,8-4+. The van der Waals surface area contributed by atoms with Crippen molar-refractivity contribution in [1.82, 2.24) is 0 Å². The summed E-state index contributed by atoms with van der Waals surface area (Å²) >= 11 is 0. The van der Waals surface area contributed by atoms with Crippen molar-refractivity contribution in [3.63, 3.8) is 0 Å². The fourth-order valence-electron chi connectivity index (χ4n) is 3.00. The predicted octanol–water partition coefficient (Wildman–Crippen LogP) is 6.05. The minimum Gasteiger partial charge on any atom is -0.497 e. The van der Waals surface area contributed by atoms with Crippen LogP contribution in [0.2, 0.25) is 0 Å². The molecule has 3 nitrogen and oxygen atoms in total. The Bertz CT molecular complexity index is 1160. The number of ether oxygens (including phenoxy) is 1. The zero-order chi connectivity index (χ0) is 18.6. The molecule has 4 aromatic rings. The highest BCUT2D eigenvalue weighted by Crippen LogP contribution is 2.29. The van der Waals surface area contributed by atoms with Crippen molar-refractivity contribution in [1.29, 1.82) is 0 Å². The Morgan fingerprint density at radius 1 is 0.889 bits per heavy atom. The number of allylic oxidation sites excluding steroid dienone is 3. The molecule has 1 heterocycles. The van der Waals surface area contributed by atoms with E-state index >= 15 is 0 Å². The van der Waals surface area contributed by atoms with Crippen LogP contribution >= 0.6 is 0 Å². The number of carbonyl (C=O) groups is 1. The van der Waals surface area contributed by atoms with Gasteiger partial charge in [-0.1, -0.05) is 48.6 Å². The van der Waals surface area contributed by atoms with Gasteiger partial charge in [0.05, 0.1) is 7.11 Å². The summed E-state index contributed by atoms with van der Waals surface area (Å²) in [7, 11) is 1.64. The zero-order valence-electron chi connectivity index (χ0n) is 14.9. The number of ketones is 1. The van der Waals surface area contributed by atoms with E-state index in [4.69, 9.17) is 9.15 Å². The average Bonchev–Trinajstić information content (AvgIpc) is 3.09. The summed E-state index contributed by atoms with van der Waals surface area (Å²) in [6, 6.07) is 21.1. The first-order valence-corrected chi connectivity index (χ1v) is 8.69. The van der Waals surface area contributed by atoms with E-state index in [0.29, 0.717) is 5.56 Å². The van der Waals surface area contributed by atoms with Gasteiger partial charge in [-0.2, -0.15) is 0 Å². The first-order valence-electron chi connectivity index (χ1n) is 8.69. The second-order valence-electron chi connectivity index (χ2n) is 6.16. The summed E-state index contributed by atoms with van der Waals surface area (Å²) in [5, 5.41) is 1.98. The number of methoxy groups -OCH3 is 1. The number of hydrogen-bond donors (Lipinski definition) is 0. The minimum absolute atomic E-state index is 0.0402. The molecule has 0 aliphatic rings. The summed E-state index contributed by atoms with van der Waals surface area (Å²) in [5.41, 5.74) is 3.30. The molecule has 0 saturated heterocycles. The fraction of sp³-hybridized carbons (Fsp3) is 0.0417. The molecular weight excluding hydrogens is 336 g/mol. The fourth-order valence-corrected chi connectivity index (χ4v) is 3.00. The van der Waals surface area contributed by atoms with Crippen molar-refractivity contribution in [2.24, 2.45) is 0 Å². The number of furan rings is 1. The van der Waals surface area contributed by atoms with Crippen LogP contribution in [0.5, 0.6) is 5.75 Å². The molecule has 0 bridgehead atoms. The van der Waals surface area contributed by atoms with E-state index in [1.807, 2.05) is 72.8 Å². The first-order chi connectivity index (χ1) is 13.2. The normalized spacial score (nSPS) is 11.7. The SMILES string of the molecule is COc1ccc(/C=C/C=C/C(=O)c2ccc3oc4ccccc4c3c2)cc1. The van der Waals surface area contributed by atoms with Gasteiger partial charge in [0, 0.05) is 16.3 Å². The van der Waals surface area contributed by atoms with Crippen LogP contribution in [0.1, 0.15) is 15.9 Å². The predicted molar refractivity (Wildman–Crippen MR) is 109 cm³/mol. The van der Waals surface area contributed by atoms with Gasteiger partial charge >= 0.3 is 0 Å². The molecule has 0 N–H and O–H groups in total. The third kappa shape index (κ3) is 3.53. The van der Waals surface area contributed by atoms with Gasteiger partial charge in [0.1, 0.15) is 16.9 Å². The number of rotatable bonds is 5. The highest BCUT2D eigenvalue weighted by Gasteiger charge is 2.09. The first kappa shape index (κ1) is 16.9. The van der Waals surface area contributed by atoms with Crippen LogP contribution in [0.15, 0.2) is 89.4 Å². The molecule has 0 spiro atoms. The molecule has 132 valence electrons. The summed E-state index contributed by atoms with van der Waals surface area (Å²) < 4.78 is 10.9. The lowest BCUT2D eigenvalue weighted by Crippen LogP contribution is -1.93. The van der Waals surface area contributed by atoms with Gasteiger partial charge in [0.15, 0.2) is 5.78 Å². The molecule has 0 aliphatic carbocycles. The maximum Gasteiger partial charge on any atom is 0.185 e. The lowest BCUT2D eigenvalue weighted by atomic mass is 10.1. The van der Waals surface area contributed by atoms with Gasteiger partial charge in [0.2, 0.25) is 0 Å². The van der Waals surface area contributed by atoms with Crippen LogP contribution in [0.25, 0.3) is 28.0 Å². The van der Waals surface area contributed by atoms with E-state index in [-0.39, 0.29) is 5.78 Å². The molecule has 27 heavy (non-hydrogen) atoms. The lowest BCUT2D eigenvalue weighted by Gasteiger charge is -1.98.